The van der Waals surface area contributed by atoms with Gasteiger partial charge in [0.15, 0.2) is 0 Å². The Kier molecular flexibility index (Phi) is 5.75. The average Bonchev–Trinajstić information content (AvgIpc) is 2.96. The first kappa shape index (κ1) is 15.2. The highest BCUT2D eigenvalue weighted by atomic mass is 16.5. The fraction of sp³-hybridized carbons (Fsp3) is 0.846. The minimum Gasteiger partial charge on any atom is -0.379 e. The summed E-state index contributed by atoms with van der Waals surface area (Å²) >= 11 is 0. The molecule has 7 nitrogen and oxygen atoms in total. The molecule has 0 aliphatic carbocycles. The smallest absolute Gasteiger partial charge is 0.227 e. The Morgan fingerprint density at radius 2 is 1.95 bits per heavy atom. The average molecular weight is 285 g/mol. The third-order valence-corrected chi connectivity index (χ3v) is 3.79. The molecule has 0 spiro atoms. The van der Waals surface area contributed by atoms with Crippen LogP contribution in [0.5, 0.6) is 0 Å². The summed E-state index contributed by atoms with van der Waals surface area (Å²) in [6.07, 6.45) is 0.337. The van der Waals surface area contributed by atoms with Crippen molar-refractivity contribution in [1.82, 2.24) is 15.5 Å². The lowest BCUT2D eigenvalue weighted by atomic mass is 10.0. The van der Waals surface area contributed by atoms with Gasteiger partial charge in [0.05, 0.1) is 32.3 Å². The number of carbonyl (C=O) groups is 2. The monoisotopic (exact) mass is 285 g/mol. The maximum absolute atomic E-state index is 12.0. The highest BCUT2D eigenvalue weighted by Gasteiger charge is 2.32. The van der Waals surface area contributed by atoms with E-state index in [4.69, 9.17) is 9.47 Å². The van der Waals surface area contributed by atoms with E-state index in [-0.39, 0.29) is 23.8 Å². The molecule has 2 atom stereocenters. The number of morpholine rings is 1. The summed E-state index contributed by atoms with van der Waals surface area (Å²) in [5, 5.41) is 5.89. The maximum Gasteiger partial charge on any atom is 0.227 e. The van der Waals surface area contributed by atoms with Gasteiger partial charge in [0.25, 0.3) is 0 Å². The Morgan fingerprint density at radius 1 is 1.20 bits per heavy atom. The molecule has 0 aromatic rings. The lowest BCUT2D eigenvalue weighted by Gasteiger charge is -2.27. The van der Waals surface area contributed by atoms with Crippen LogP contribution in [0.25, 0.3) is 0 Å². The molecule has 0 saturated carbocycles. The Hall–Kier alpha value is -1.18. The van der Waals surface area contributed by atoms with Crippen molar-refractivity contribution in [2.45, 2.75) is 12.5 Å². The molecule has 20 heavy (non-hydrogen) atoms. The van der Waals surface area contributed by atoms with Crippen LogP contribution in [0.3, 0.4) is 0 Å². The van der Waals surface area contributed by atoms with E-state index in [1.165, 1.54) is 0 Å². The molecule has 2 unspecified atom stereocenters. The topological polar surface area (TPSA) is 79.9 Å². The van der Waals surface area contributed by atoms with Crippen LogP contribution in [0, 0.1) is 5.92 Å². The molecule has 2 aliphatic rings. The van der Waals surface area contributed by atoms with Crippen LogP contribution in [0.4, 0.5) is 0 Å². The van der Waals surface area contributed by atoms with Gasteiger partial charge in [-0.15, -0.1) is 0 Å². The minimum atomic E-state index is -0.168. The summed E-state index contributed by atoms with van der Waals surface area (Å²) in [6.45, 7) is 3.86. The number of ether oxygens (including phenoxy) is 2. The molecular weight excluding hydrogens is 262 g/mol. The molecule has 2 rings (SSSR count). The molecule has 2 amide bonds. The first-order valence-electron chi connectivity index (χ1n) is 7.10. The number of amides is 2. The van der Waals surface area contributed by atoms with E-state index >= 15 is 0 Å². The molecule has 0 bridgehead atoms. The SMILES string of the molecule is CNC1COCC1C(=O)NCCC(=O)N1CCOCC1. The van der Waals surface area contributed by atoms with Gasteiger partial charge < -0.3 is 25.0 Å². The number of nitrogens with zero attached hydrogens (tertiary/aromatic N) is 1. The van der Waals surface area contributed by atoms with Gasteiger partial charge >= 0.3 is 0 Å². The molecule has 2 aliphatic heterocycles. The van der Waals surface area contributed by atoms with Crippen molar-refractivity contribution in [3.05, 3.63) is 0 Å². The number of likely N-dealkylation sites (N-methyl/N-ethyl adjacent to an activating group) is 1. The molecule has 0 aromatic carbocycles. The Balaban J connectivity index is 1.67. The van der Waals surface area contributed by atoms with Crippen molar-refractivity contribution < 1.29 is 19.1 Å². The normalized spacial score (nSPS) is 26.6. The second-order valence-electron chi connectivity index (χ2n) is 5.07. The van der Waals surface area contributed by atoms with Crippen LogP contribution in [-0.2, 0) is 19.1 Å². The summed E-state index contributed by atoms with van der Waals surface area (Å²) in [7, 11) is 1.82. The zero-order valence-electron chi connectivity index (χ0n) is 11.9. The number of carbonyl (C=O) groups excluding carboxylic acids is 2. The van der Waals surface area contributed by atoms with Gasteiger partial charge in [0.1, 0.15) is 0 Å². The van der Waals surface area contributed by atoms with Crippen LogP contribution in [0.1, 0.15) is 6.42 Å². The molecule has 0 aromatic heterocycles. The van der Waals surface area contributed by atoms with E-state index in [1.54, 1.807) is 4.90 Å². The quantitative estimate of drug-likeness (QED) is 0.648. The second-order valence-corrected chi connectivity index (χ2v) is 5.07. The van der Waals surface area contributed by atoms with Gasteiger partial charge in [-0.2, -0.15) is 0 Å². The number of rotatable bonds is 5. The predicted molar refractivity (Wildman–Crippen MR) is 72.2 cm³/mol. The van der Waals surface area contributed by atoms with E-state index in [0.717, 1.165) is 0 Å². The minimum absolute atomic E-state index is 0.0448. The van der Waals surface area contributed by atoms with Gasteiger partial charge in [0.2, 0.25) is 11.8 Å². The summed E-state index contributed by atoms with van der Waals surface area (Å²) in [4.78, 5) is 25.7. The van der Waals surface area contributed by atoms with Crippen LogP contribution in [0.15, 0.2) is 0 Å². The largest absolute Gasteiger partial charge is 0.379 e. The van der Waals surface area contributed by atoms with Crippen LogP contribution in [-0.4, -0.2) is 75.9 Å². The van der Waals surface area contributed by atoms with Crippen LogP contribution < -0.4 is 10.6 Å². The summed E-state index contributed by atoms with van der Waals surface area (Å²) in [5.74, 6) is -0.142. The van der Waals surface area contributed by atoms with Crippen molar-refractivity contribution in [3.63, 3.8) is 0 Å². The number of hydrogen-bond acceptors (Lipinski definition) is 5. The van der Waals surface area contributed by atoms with Crippen molar-refractivity contribution in [1.29, 1.82) is 0 Å². The van der Waals surface area contributed by atoms with Crippen molar-refractivity contribution >= 4 is 11.8 Å². The Labute approximate surface area is 119 Å². The fourth-order valence-corrected chi connectivity index (χ4v) is 2.49. The summed E-state index contributed by atoms with van der Waals surface area (Å²) in [5.41, 5.74) is 0. The molecule has 0 radical (unpaired) electrons. The van der Waals surface area contributed by atoms with Gasteiger partial charge in [-0.05, 0) is 7.05 Å². The maximum atomic E-state index is 12.0. The summed E-state index contributed by atoms with van der Waals surface area (Å²) in [6, 6.07) is 0.0601. The molecule has 2 N–H and O–H groups in total. The van der Waals surface area contributed by atoms with Crippen molar-refractivity contribution in [3.8, 4) is 0 Å². The van der Waals surface area contributed by atoms with E-state index in [1.807, 2.05) is 7.05 Å². The molecule has 2 heterocycles. The highest BCUT2D eigenvalue weighted by molar-refractivity contribution is 5.81. The van der Waals surface area contributed by atoms with Crippen molar-refractivity contribution in [2.24, 2.45) is 5.92 Å². The van der Waals surface area contributed by atoms with Crippen LogP contribution >= 0.6 is 0 Å². The van der Waals surface area contributed by atoms with E-state index in [0.29, 0.717) is 52.5 Å². The van der Waals surface area contributed by atoms with Gasteiger partial charge in [-0.3, -0.25) is 9.59 Å². The standard InChI is InChI=1S/C13H23N3O4/c1-14-11-9-20-8-10(11)13(18)15-3-2-12(17)16-4-6-19-7-5-16/h10-11,14H,2-9H2,1H3,(H,15,18). The molecule has 114 valence electrons. The zero-order valence-corrected chi connectivity index (χ0v) is 11.9. The first-order valence-corrected chi connectivity index (χ1v) is 7.10. The Bertz CT molecular complexity index is 345. The third kappa shape index (κ3) is 3.91. The van der Waals surface area contributed by atoms with Gasteiger partial charge in [0, 0.05) is 32.1 Å². The number of hydrogen-bond donors (Lipinski definition) is 2. The lowest BCUT2D eigenvalue weighted by Crippen LogP contribution is -2.44. The zero-order chi connectivity index (χ0) is 14.4. The fourth-order valence-electron chi connectivity index (χ4n) is 2.49. The molecular formula is C13H23N3O4. The second kappa shape index (κ2) is 7.56. The van der Waals surface area contributed by atoms with Gasteiger partial charge in [-0.25, -0.2) is 0 Å². The third-order valence-electron chi connectivity index (χ3n) is 3.79. The first-order chi connectivity index (χ1) is 9.72. The molecule has 2 saturated heterocycles. The molecule has 7 heteroatoms. The van der Waals surface area contributed by atoms with E-state index < -0.39 is 0 Å². The van der Waals surface area contributed by atoms with Crippen LogP contribution in [0.2, 0.25) is 0 Å². The molecule has 2 fully saturated rings. The Morgan fingerprint density at radius 3 is 2.65 bits per heavy atom. The lowest BCUT2D eigenvalue weighted by molar-refractivity contribution is -0.135. The predicted octanol–water partition coefficient (Wildman–Crippen LogP) is -1.41. The van der Waals surface area contributed by atoms with E-state index in [2.05, 4.69) is 10.6 Å². The highest BCUT2D eigenvalue weighted by Crippen LogP contribution is 2.13. The number of nitrogens with one attached hydrogen (secondary N) is 2. The van der Waals surface area contributed by atoms with Gasteiger partial charge in [-0.1, -0.05) is 0 Å². The van der Waals surface area contributed by atoms with Crippen molar-refractivity contribution in [2.75, 3.05) is 53.1 Å². The summed E-state index contributed by atoms with van der Waals surface area (Å²) < 4.78 is 10.5. The van der Waals surface area contributed by atoms with E-state index in [9.17, 15) is 9.59 Å².